The molecule has 0 aliphatic rings. The molecule has 5 heteroatoms. The summed E-state index contributed by atoms with van der Waals surface area (Å²) in [6, 6.07) is 3.91. The van der Waals surface area contributed by atoms with Crippen LogP contribution < -0.4 is 11.1 Å². The van der Waals surface area contributed by atoms with Gasteiger partial charge in [0.25, 0.3) is 0 Å². The standard InChI is InChI=1S/C12H16N4S/c1-7-6-17-12(14-7)9(3)16-11-5-4-10(13)8(2)15-11/h4-6,9H,13H2,1-3H3,(H,15,16). The monoisotopic (exact) mass is 248 g/mol. The summed E-state index contributed by atoms with van der Waals surface area (Å²) >= 11 is 1.66. The number of thiazole rings is 1. The average Bonchev–Trinajstić information content (AvgIpc) is 2.70. The summed E-state index contributed by atoms with van der Waals surface area (Å²) in [5.41, 5.74) is 8.35. The molecule has 2 aromatic rings. The molecule has 0 aromatic carbocycles. The molecule has 0 fully saturated rings. The molecule has 1 atom stereocenters. The van der Waals surface area contributed by atoms with Crippen molar-refractivity contribution in [2.45, 2.75) is 26.8 Å². The number of aryl methyl sites for hydroxylation is 2. The summed E-state index contributed by atoms with van der Waals surface area (Å²) in [5, 5.41) is 6.44. The second-order valence-electron chi connectivity index (χ2n) is 4.06. The van der Waals surface area contributed by atoms with Crippen LogP contribution in [-0.2, 0) is 0 Å². The molecule has 0 saturated carbocycles. The molecule has 4 nitrogen and oxygen atoms in total. The van der Waals surface area contributed by atoms with Gasteiger partial charge in [0.1, 0.15) is 10.8 Å². The summed E-state index contributed by atoms with van der Waals surface area (Å²) in [4.78, 5) is 8.84. The van der Waals surface area contributed by atoms with E-state index in [2.05, 4.69) is 27.6 Å². The maximum atomic E-state index is 5.73. The third kappa shape index (κ3) is 2.74. The van der Waals surface area contributed by atoms with Gasteiger partial charge < -0.3 is 11.1 Å². The van der Waals surface area contributed by atoms with Crippen molar-refractivity contribution in [3.05, 3.63) is 33.9 Å². The lowest BCUT2D eigenvalue weighted by Crippen LogP contribution is -2.08. The highest BCUT2D eigenvalue weighted by molar-refractivity contribution is 7.09. The molecule has 1 unspecified atom stereocenters. The van der Waals surface area contributed by atoms with Crippen molar-refractivity contribution < 1.29 is 0 Å². The maximum absolute atomic E-state index is 5.73. The first-order valence-electron chi connectivity index (χ1n) is 5.48. The molecule has 0 bridgehead atoms. The Labute approximate surface area is 105 Å². The number of nitrogens with two attached hydrogens (primary N) is 1. The van der Waals surface area contributed by atoms with Crippen LogP contribution in [0.5, 0.6) is 0 Å². The number of pyridine rings is 1. The third-order valence-electron chi connectivity index (χ3n) is 2.50. The molecular weight excluding hydrogens is 232 g/mol. The van der Waals surface area contributed by atoms with E-state index in [4.69, 9.17) is 5.73 Å². The first kappa shape index (κ1) is 11.9. The first-order valence-corrected chi connectivity index (χ1v) is 6.36. The van der Waals surface area contributed by atoms with Gasteiger partial charge in [-0.15, -0.1) is 11.3 Å². The number of nitrogens with zero attached hydrogens (tertiary/aromatic N) is 2. The number of nitrogen functional groups attached to an aromatic ring is 1. The molecule has 90 valence electrons. The third-order valence-corrected chi connectivity index (χ3v) is 3.64. The Morgan fingerprint density at radius 1 is 1.29 bits per heavy atom. The normalized spacial score (nSPS) is 12.4. The zero-order chi connectivity index (χ0) is 12.4. The highest BCUT2D eigenvalue weighted by Crippen LogP contribution is 2.22. The summed E-state index contributed by atoms with van der Waals surface area (Å²) in [6.07, 6.45) is 0. The Kier molecular flexibility index (Phi) is 3.28. The van der Waals surface area contributed by atoms with Gasteiger partial charge in [0, 0.05) is 11.1 Å². The SMILES string of the molecule is Cc1csc(C(C)Nc2ccc(N)c(C)n2)n1. The quantitative estimate of drug-likeness (QED) is 0.876. The Bertz CT molecular complexity index is 521. The van der Waals surface area contributed by atoms with Crippen molar-refractivity contribution in [2.24, 2.45) is 0 Å². The lowest BCUT2D eigenvalue weighted by atomic mass is 10.3. The largest absolute Gasteiger partial charge is 0.397 e. The van der Waals surface area contributed by atoms with Gasteiger partial charge in [-0.1, -0.05) is 0 Å². The van der Waals surface area contributed by atoms with Crippen LogP contribution in [0.1, 0.15) is 29.4 Å². The van der Waals surface area contributed by atoms with E-state index in [0.29, 0.717) is 5.69 Å². The Morgan fingerprint density at radius 2 is 2.06 bits per heavy atom. The summed E-state index contributed by atoms with van der Waals surface area (Å²) in [6.45, 7) is 5.97. The van der Waals surface area contributed by atoms with E-state index in [1.807, 2.05) is 26.0 Å². The van der Waals surface area contributed by atoms with Gasteiger partial charge in [-0.25, -0.2) is 9.97 Å². The zero-order valence-corrected chi connectivity index (χ0v) is 11.0. The van der Waals surface area contributed by atoms with Crippen LogP contribution in [0.4, 0.5) is 11.5 Å². The van der Waals surface area contributed by atoms with E-state index in [0.717, 1.165) is 22.2 Å². The fourth-order valence-corrected chi connectivity index (χ4v) is 2.31. The van der Waals surface area contributed by atoms with Crippen molar-refractivity contribution in [2.75, 3.05) is 11.1 Å². The van der Waals surface area contributed by atoms with Gasteiger partial charge >= 0.3 is 0 Å². The number of nitrogens with one attached hydrogen (secondary N) is 1. The predicted octanol–water partition coefficient (Wildman–Crippen LogP) is 2.91. The summed E-state index contributed by atoms with van der Waals surface area (Å²) in [7, 11) is 0. The van der Waals surface area contributed by atoms with Crippen molar-refractivity contribution >= 4 is 22.8 Å². The highest BCUT2D eigenvalue weighted by atomic mass is 32.1. The fraction of sp³-hybridized carbons (Fsp3) is 0.333. The molecule has 2 heterocycles. The molecule has 0 radical (unpaired) electrons. The predicted molar refractivity (Wildman–Crippen MR) is 72.3 cm³/mol. The summed E-state index contributed by atoms with van der Waals surface area (Å²) < 4.78 is 0. The van der Waals surface area contributed by atoms with Crippen LogP contribution in [0.2, 0.25) is 0 Å². The van der Waals surface area contributed by atoms with Crippen LogP contribution in [-0.4, -0.2) is 9.97 Å². The van der Waals surface area contributed by atoms with Crippen LogP contribution in [0.3, 0.4) is 0 Å². The minimum absolute atomic E-state index is 0.157. The van der Waals surface area contributed by atoms with Gasteiger partial charge in [-0.3, -0.25) is 0 Å². The molecule has 0 aliphatic carbocycles. The van der Waals surface area contributed by atoms with Gasteiger partial charge in [0.15, 0.2) is 0 Å². The second kappa shape index (κ2) is 4.71. The van der Waals surface area contributed by atoms with E-state index in [9.17, 15) is 0 Å². The number of rotatable bonds is 3. The van der Waals surface area contributed by atoms with Gasteiger partial charge in [-0.2, -0.15) is 0 Å². The molecule has 0 spiro atoms. The minimum Gasteiger partial charge on any atom is -0.397 e. The summed E-state index contributed by atoms with van der Waals surface area (Å²) in [5.74, 6) is 0.831. The average molecular weight is 248 g/mol. The Balaban J connectivity index is 2.12. The topological polar surface area (TPSA) is 63.8 Å². The Hall–Kier alpha value is -1.62. The van der Waals surface area contributed by atoms with Crippen molar-refractivity contribution in [1.82, 2.24) is 9.97 Å². The van der Waals surface area contributed by atoms with Gasteiger partial charge in [-0.05, 0) is 32.9 Å². The highest BCUT2D eigenvalue weighted by Gasteiger charge is 2.10. The van der Waals surface area contributed by atoms with E-state index < -0.39 is 0 Å². The van der Waals surface area contributed by atoms with E-state index >= 15 is 0 Å². The maximum Gasteiger partial charge on any atom is 0.126 e. The van der Waals surface area contributed by atoms with Crippen LogP contribution in [0, 0.1) is 13.8 Å². The molecule has 0 aliphatic heterocycles. The van der Waals surface area contributed by atoms with Gasteiger partial charge in [0.2, 0.25) is 0 Å². The first-order chi connectivity index (χ1) is 8.06. The molecule has 2 aromatic heterocycles. The molecular formula is C12H16N4S. The van der Waals surface area contributed by atoms with Crippen molar-refractivity contribution in [3.63, 3.8) is 0 Å². The van der Waals surface area contributed by atoms with Gasteiger partial charge in [0.05, 0.1) is 17.4 Å². The number of aromatic nitrogens is 2. The zero-order valence-electron chi connectivity index (χ0n) is 10.2. The molecule has 2 rings (SSSR count). The van der Waals surface area contributed by atoms with E-state index in [-0.39, 0.29) is 6.04 Å². The number of hydrogen-bond donors (Lipinski definition) is 2. The number of anilines is 2. The molecule has 0 amide bonds. The van der Waals surface area contributed by atoms with Crippen LogP contribution in [0.15, 0.2) is 17.5 Å². The lowest BCUT2D eigenvalue weighted by molar-refractivity contribution is 0.854. The second-order valence-corrected chi connectivity index (χ2v) is 4.95. The van der Waals surface area contributed by atoms with Crippen molar-refractivity contribution in [3.8, 4) is 0 Å². The minimum atomic E-state index is 0.157. The fourth-order valence-electron chi connectivity index (χ4n) is 1.51. The van der Waals surface area contributed by atoms with E-state index in [1.54, 1.807) is 11.3 Å². The van der Waals surface area contributed by atoms with Crippen LogP contribution in [0.25, 0.3) is 0 Å². The molecule has 17 heavy (non-hydrogen) atoms. The molecule has 0 saturated heterocycles. The van der Waals surface area contributed by atoms with E-state index in [1.165, 1.54) is 0 Å². The lowest BCUT2D eigenvalue weighted by Gasteiger charge is -2.12. The van der Waals surface area contributed by atoms with Crippen LogP contribution >= 0.6 is 11.3 Å². The molecule has 3 N–H and O–H groups in total. The van der Waals surface area contributed by atoms with Crippen molar-refractivity contribution in [1.29, 1.82) is 0 Å². The number of hydrogen-bond acceptors (Lipinski definition) is 5. The smallest absolute Gasteiger partial charge is 0.126 e. The Morgan fingerprint density at radius 3 is 2.65 bits per heavy atom.